The second kappa shape index (κ2) is 5.27. The Morgan fingerprint density at radius 1 is 1.33 bits per heavy atom. The van der Waals surface area contributed by atoms with E-state index in [0.29, 0.717) is 17.1 Å². The molecule has 18 heavy (non-hydrogen) atoms. The zero-order valence-corrected chi connectivity index (χ0v) is 10.1. The van der Waals surface area contributed by atoms with E-state index in [4.69, 9.17) is 26.2 Å². The van der Waals surface area contributed by atoms with Crippen molar-refractivity contribution in [1.29, 1.82) is 0 Å². The molecule has 0 radical (unpaired) electrons. The zero-order valence-electron chi connectivity index (χ0n) is 9.39. The van der Waals surface area contributed by atoms with Crippen molar-refractivity contribution in [2.75, 3.05) is 6.79 Å². The number of ether oxygens (including phenoxy) is 2. The average Bonchev–Trinajstić information content (AvgIpc) is 2.81. The molecule has 0 saturated carbocycles. The number of hydrogen-bond donors (Lipinski definition) is 1. The zero-order chi connectivity index (χ0) is 13.1. The summed E-state index contributed by atoms with van der Waals surface area (Å²) >= 11 is 5.88. The van der Waals surface area contributed by atoms with Gasteiger partial charge in [0.05, 0.1) is 5.38 Å². The molecule has 1 unspecified atom stereocenters. The minimum Gasteiger partial charge on any atom is -0.481 e. The van der Waals surface area contributed by atoms with E-state index in [9.17, 15) is 9.59 Å². The second-order valence-corrected chi connectivity index (χ2v) is 4.36. The van der Waals surface area contributed by atoms with E-state index in [1.807, 2.05) is 0 Å². The molecule has 0 fully saturated rings. The van der Waals surface area contributed by atoms with E-state index in [0.717, 1.165) is 0 Å². The normalized spacial score (nSPS) is 14.3. The van der Waals surface area contributed by atoms with Gasteiger partial charge >= 0.3 is 5.97 Å². The molecule has 1 aliphatic rings. The maximum absolute atomic E-state index is 11.9. The van der Waals surface area contributed by atoms with Gasteiger partial charge in [0.15, 0.2) is 17.3 Å². The van der Waals surface area contributed by atoms with Crippen molar-refractivity contribution < 1.29 is 24.2 Å². The molecular weight excluding hydrogens is 260 g/mol. The van der Waals surface area contributed by atoms with Crippen LogP contribution in [0.1, 0.15) is 23.2 Å². The Kier molecular flexibility index (Phi) is 3.72. The molecule has 5 nitrogen and oxygen atoms in total. The summed E-state index contributed by atoms with van der Waals surface area (Å²) in [6.45, 7) is 0.135. The van der Waals surface area contributed by atoms with Crippen molar-refractivity contribution >= 4 is 23.4 Å². The van der Waals surface area contributed by atoms with E-state index >= 15 is 0 Å². The number of carbonyl (C=O) groups is 2. The third-order valence-corrected chi connectivity index (χ3v) is 2.97. The maximum atomic E-state index is 11.9. The van der Waals surface area contributed by atoms with Crippen LogP contribution in [0.15, 0.2) is 18.2 Å². The molecule has 1 atom stereocenters. The summed E-state index contributed by atoms with van der Waals surface area (Å²) in [6, 6.07) is 4.78. The first-order chi connectivity index (χ1) is 8.58. The van der Waals surface area contributed by atoms with Crippen LogP contribution < -0.4 is 9.47 Å². The third-order valence-electron chi connectivity index (χ3n) is 2.55. The Bertz CT molecular complexity index is 485. The lowest BCUT2D eigenvalue weighted by atomic mass is 10.0. The van der Waals surface area contributed by atoms with E-state index in [-0.39, 0.29) is 25.4 Å². The lowest BCUT2D eigenvalue weighted by Crippen LogP contribution is -2.16. The summed E-state index contributed by atoms with van der Waals surface area (Å²) < 4.78 is 10.3. The number of Topliss-reactive ketones (excluding diaryl/α,β-unsaturated/α-hetero) is 1. The number of carbonyl (C=O) groups excluding carboxylic acids is 1. The van der Waals surface area contributed by atoms with Crippen LogP contribution in [-0.2, 0) is 4.79 Å². The van der Waals surface area contributed by atoms with Crippen LogP contribution in [0, 0.1) is 0 Å². The number of aliphatic carboxylic acids is 1. The Morgan fingerprint density at radius 2 is 2.06 bits per heavy atom. The molecule has 1 heterocycles. The van der Waals surface area contributed by atoms with Crippen LogP contribution in [0.25, 0.3) is 0 Å². The summed E-state index contributed by atoms with van der Waals surface area (Å²) in [7, 11) is 0. The number of carboxylic acids is 1. The van der Waals surface area contributed by atoms with Gasteiger partial charge < -0.3 is 14.6 Å². The van der Waals surface area contributed by atoms with Crippen molar-refractivity contribution in [3.05, 3.63) is 23.8 Å². The number of fused-ring (bicyclic) bond motifs is 1. The number of carboxylic acid groups (broad SMARTS) is 1. The Hall–Kier alpha value is -1.75. The fourth-order valence-corrected chi connectivity index (χ4v) is 1.85. The highest BCUT2D eigenvalue weighted by atomic mass is 35.5. The molecule has 0 saturated heterocycles. The first kappa shape index (κ1) is 12.7. The van der Waals surface area contributed by atoms with Gasteiger partial charge in [-0.1, -0.05) is 0 Å². The molecule has 0 spiro atoms. The first-order valence-corrected chi connectivity index (χ1v) is 5.81. The molecule has 1 aliphatic heterocycles. The molecule has 1 N–H and O–H groups in total. The van der Waals surface area contributed by atoms with Crippen LogP contribution in [0.3, 0.4) is 0 Å². The smallest absolute Gasteiger partial charge is 0.303 e. The largest absolute Gasteiger partial charge is 0.481 e. The Balaban J connectivity index is 2.06. The van der Waals surface area contributed by atoms with Crippen molar-refractivity contribution in [2.24, 2.45) is 0 Å². The number of ketones is 1. The van der Waals surface area contributed by atoms with Crippen LogP contribution >= 0.6 is 11.6 Å². The minimum absolute atomic E-state index is 0.101. The summed E-state index contributed by atoms with van der Waals surface area (Å²) in [5.41, 5.74) is 0.393. The molecule has 1 aromatic carbocycles. The second-order valence-electron chi connectivity index (χ2n) is 3.83. The van der Waals surface area contributed by atoms with Gasteiger partial charge in [-0.25, -0.2) is 0 Å². The molecule has 2 rings (SSSR count). The molecule has 0 aliphatic carbocycles. The summed E-state index contributed by atoms with van der Waals surface area (Å²) in [6.07, 6.45) is -0.0331. The van der Waals surface area contributed by atoms with Gasteiger partial charge in [0.2, 0.25) is 6.79 Å². The van der Waals surface area contributed by atoms with Gasteiger partial charge in [0.25, 0.3) is 0 Å². The standard InChI is InChI=1S/C12H11ClO5/c13-8(2-4-11(14)15)12(16)7-1-3-9-10(5-7)18-6-17-9/h1,3,5,8H,2,4,6H2,(H,14,15). The van der Waals surface area contributed by atoms with Gasteiger partial charge in [-0.2, -0.15) is 0 Å². The molecule has 96 valence electrons. The predicted octanol–water partition coefficient (Wildman–Crippen LogP) is 2.07. The third kappa shape index (κ3) is 2.73. The maximum Gasteiger partial charge on any atom is 0.303 e. The number of halogens is 1. The summed E-state index contributed by atoms with van der Waals surface area (Å²) in [5.74, 6) is -0.193. The van der Waals surface area contributed by atoms with Crippen molar-refractivity contribution in [1.82, 2.24) is 0 Å². The first-order valence-electron chi connectivity index (χ1n) is 5.37. The average molecular weight is 271 g/mol. The fourth-order valence-electron chi connectivity index (χ4n) is 1.61. The van der Waals surface area contributed by atoms with Crippen LogP contribution in [0.2, 0.25) is 0 Å². The summed E-state index contributed by atoms with van der Waals surface area (Å²) in [5, 5.41) is 7.69. The highest BCUT2D eigenvalue weighted by Gasteiger charge is 2.21. The Labute approximate surface area is 108 Å². The lowest BCUT2D eigenvalue weighted by Gasteiger charge is -2.07. The molecule has 0 bridgehead atoms. The SMILES string of the molecule is O=C(O)CCC(Cl)C(=O)c1ccc2c(c1)OCO2. The quantitative estimate of drug-likeness (QED) is 0.655. The monoisotopic (exact) mass is 270 g/mol. The molecule has 1 aromatic rings. The van der Waals surface area contributed by atoms with Gasteiger partial charge in [-0.15, -0.1) is 11.6 Å². The Morgan fingerprint density at radius 3 is 2.78 bits per heavy atom. The molecule has 0 aromatic heterocycles. The van der Waals surface area contributed by atoms with Crippen molar-refractivity contribution in [3.8, 4) is 11.5 Å². The van der Waals surface area contributed by atoms with E-state index < -0.39 is 11.3 Å². The number of rotatable bonds is 5. The highest BCUT2D eigenvalue weighted by Crippen LogP contribution is 2.33. The lowest BCUT2D eigenvalue weighted by molar-refractivity contribution is -0.137. The van der Waals surface area contributed by atoms with Gasteiger partial charge in [-0.05, 0) is 24.6 Å². The van der Waals surface area contributed by atoms with Crippen LogP contribution in [0.4, 0.5) is 0 Å². The van der Waals surface area contributed by atoms with Crippen molar-refractivity contribution in [3.63, 3.8) is 0 Å². The minimum atomic E-state index is -0.973. The van der Waals surface area contributed by atoms with Crippen LogP contribution in [-0.4, -0.2) is 29.0 Å². The topological polar surface area (TPSA) is 72.8 Å². The van der Waals surface area contributed by atoms with Crippen LogP contribution in [0.5, 0.6) is 11.5 Å². The van der Waals surface area contributed by atoms with E-state index in [2.05, 4.69) is 0 Å². The summed E-state index contributed by atoms with van der Waals surface area (Å²) in [4.78, 5) is 22.3. The number of benzene rings is 1. The predicted molar refractivity (Wildman–Crippen MR) is 63.4 cm³/mol. The molecular formula is C12H11ClO5. The number of hydrogen-bond acceptors (Lipinski definition) is 4. The molecule has 6 heteroatoms. The van der Waals surface area contributed by atoms with Gasteiger partial charge in [0, 0.05) is 12.0 Å². The van der Waals surface area contributed by atoms with Gasteiger partial charge in [0.1, 0.15) is 0 Å². The van der Waals surface area contributed by atoms with Crippen molar-refractivity contribution in [2.45, 2.75) is 18.2 Å². The highest BCUT2D eigenvalue weighted by molar-refractivity contribution is 6.34. The van der Waals surface area contributed by atoms with Gasteiger partial charge in [-0.3, -0.25) is 9.59 Å². The fraction of sp³-hybridized carbons (Fsp3) is 0.333. The number of alkyl halides is 1. The van der Waals surface area contributed by atoms with E-state index in [1.54, 1.807) is 18.2 Å². The molecule has 0 amide bonds. The van der Waals surface area contributed by atoms with E-state index in [1.165, 1.54) is 0 Å².